The van der Waals surface area contributed by atoms with E-state index < -0.39 is 11.8 Å². The number of carboxylic acids is 1. The minimum absolute atomic E-state index is 0.151. The second-order valence-corrected chi connectivity index (χ2v) is 7.78. The molecule has 162 valence electrons. The fourth-order valence-corrected chi connectivity index (χ4v) is 3.84. The third kappa shape index (κ3) is 3.85. The Hall–Kier alpha value is -4.00. The van der Waals surface area contributed by atoms with Crippen molar-refractivity contribution in [2.24, 2.45) is 0 Å². The number of nitrogens with one attached hydrogen (secondary N) is 1. The summed E-state index contributed by atoms with van der Waals surface area (Å²) in [5.74, 6) is -1.44. The van der Waals surface area contributed by atoms with Gasteiger partial charge in [-0.25, -0.2) is 14.2 Å². The molecule has 1 unspecified atom stereocenters. The first-order valence-electron chi connectivity index (χ1n) is 10.1. The lowest BCUT2D eigenvalue weighted by molar-refractivity contribution is 0.0698. The number of aromatic nitrogens is 2. The van der Waals surface area contributed by atoms with Crippen molar-refractivity contribution in [3.05, 3.63) is 99.2 Å². The van der Waals surface area contributed by atoms with Crippen LogP contribution in [0.15, 0.2) is 65.6 Å². The van der Waals surface area contributed by atoms with E-state index in [0.717, 1.165) is 11.1 Å². The number of aryl methyl sites for hydroxylation is 1. The number of hydrogen-bond acceptors (Lipinski definition) is 4. The number of benzene rings is 2. The highest BCUT2D eigenvalue weighted by Crippen LogP contribution is 2.27. The zero-order valence-corrected chi connectivity index (χ0v) is 17.9. The molecule has 2 aromatic heterocycles. The summed E-state index contributed by atoms with van der Waals surface area (Å²) in [5.41, 5.74) is 3.74. The van der Waals surface area contributed by atoms with Gasteiger partial charge in [-0.2, -0.15) is 0 Å². The molecule has 4 rings (SSSR count). The first-order valence-corrected chi connectivity index (χ1v) is 10.1. The second kappa shape index (κ2) is 8.26. The number of para-hydroxylation sites is 1. The topological polar surface area (TPSA) is 83.7 Å². The largest absolute Gasteiger partial charge is 0.478 e. The first-order chi connectivity index (χ1) is 15.3. The van der Waals surface area contributed by atoms with E-state index in [9.17, 15) is 19.1 Å². The molecule has 1 atom stereocenters. The number of carboxylic acid groups (broad SMARTS) is 1. The highest BCUT2D eigenvalue weighted by atomic mass is 19.1. The zero-order chi connectivity index (χ0) is 23.0. The van der Waals surface area contributed by atoms with E-state index in [4.69, 9.17) is 4.98 Å². The zero-order valence-electron chi connectivity index (χ0n) is 17.9. The molecule has 7 heteroatoms. The Morgan fingerprint density at radius 1 is 1.12 bits per heavy atom. The van der Waals surface area contributed by atoms with Crippen LogP contribution in [-0.4, -0.2) is 20.5 Å². The Labute approximate surface area is 184 Å². The molecule has 32 heavy (non-hydrogen) atoms. The summed E-state index contributed by atoms with van der Waals surface area (Å²) >= 11 is 0. The molecule has 0 aliphatic carbocycles. The lowest BCUT2D eigenvalue weighted by atomic mass is 10.0. The first kappa shape index (κ1) is 21.2. The molecule has 0 radical (unpaired) electrons. The highest BCUT2D eigenvalue weighted by molar-refractivity contribution is 5.94. The van der Waals surface area contributed by atoms with Crippen molar-refractivity contribution in [1.82, 2.24) is 9.38 Å². The van der Waals surface area contributed by atoms with Crippen LogP contribution in [0.2, 0.25) is 0 Å². The molecule has 4 aromatic rings. The monoisotopic (exact) mass is 431 g/mol. The number of pyridine rings is 1. The SMILES string of the molecule is Cc1cc(C(C)Nc2ccccc2C(=O)O)c2nc(-c3cccc(F)c3)c(C)c(=O)n2c1. The molecule has 0 bridgehead atoms. The van der Waals surface area contributed by atoms with Crippen molar-refractivity contribution in [2.75, 3.05) is 5.32 Å². The predicted octanol–water partition coefficient (Wildman–Crippen LogP) is 4.99. The van der Waals surface area contributed by atoms with Gasteiger partial charge < -0.3 is 10.4 Å². The minimum Gasteiger partial charge on any atom is -0.478 e. The van der Waals surface area contributed by atoms with Gasteiger partial charge in [0.25, 0.3) is 5.56 Å². The fraction of sp³-hybridized carbons (Fsp3) is 0.160. The molecule has 0 saturated heterocycles. The summed E-state index contributed by atoms with van der Waals surface area (Å²) in [7, 11) is 0. The summed E-state index contributed by atoms with van der Waals surface area (Å²) in [5, 5.41) is 12.7. The molecule has 6 nitrogen and oxygen atoms in total. The second-order valence-electron chi connectivity index (χ2n) is 7.78. The van der Waals surface area contributed by atoms with Gasteiger partial charge in [-0.3, -0.25) is 9.20 Å². The van der Waals surface area contributed by atoms with E-state index in [-0.39, 0.29) is 17.2 Å². The van der Waals surface area contributed by atoms with Crippen LogP contribution in [0.4, 0.5) is 10.1 Å². The van der Waals surface area contributed by atoms with Crippen LogP contribution in [0.25, 0.3) is 16.9 Å². The van der Waals surface area contributed by atoms with Crippen LogP contribution in [0, 0.1) is 19.7 Å². The number of halogens is 1. The predicted molar refractivity (Wildman–Crippen MR) is 122 cm³/mol. The number of aromatic carboxylic acids is 1. The maximum atomic E-state index is 13.8. The van der Waals surface area contributed by atoms with Crippen LogP contribution in [0.5, 0.6) is 0 Å². The summed E-state index contributed by atoms with van der Waals surface area (Å²) < 4.78 is 15.3. The third-order valence-corrected chi connectivity index (χ3v) is 5.41. The van der Waals surface area contributed by atoms with Gasteiger partial charge in [0, 0.05) is 28.6 Å². The van der Waals surface area contributed by atoms with Crippen LogP contribution >= 0.6 is 0 Å². The van der Waals surface area contributed by atoms with E-state index >= 15 is 0 Å². The van der Waals surface area contributed by atoms with E-state index in [1.807, 2.05) is 19.9 Å². The lowest BCUT2D eigenvalue weighted by Crippen LogP contribution is -2.22. The van der Waals surface area contributed by atoms with E-state index in [0.29, 0.717) is 28.2 Å². The molecule has 2 heterocycles. The Bertz CT molecular complexity index is 1410. The number of fused-ring (bicyclic) bond motifs is 1. The summed E-state index contributed by atoms with van der Waals surface area (Å²) in [6.07, 6.45) is 1.72. The minimum atomic E-state index is -1.03. The lowest BCUT2D eigenvalue weighted by Gasteiger charge is -2.20. The number of nitrogens with zero attached hydrogens (tertiary/aromatic N) is 2. The van der Waals surface area contributed by atoms with Gasteiger partial charge in [-0.05, 0) is 56.7 Å². The maximum Gasteiger partial charge on any atom is 0.337 e. The van der Waals surface area contributed by atoms with E-state index in [2.05, 4.69) is 5.32 Å². The van der Waals surface area contributed by atoms with Crippen LogP contribution in [-0.2, 0) is 0 Å². The summed E-state index contributed by atoms with van der Waals surface area (Å²) in [4.78, 5) is 29.5. The Kier molecular flexibility index (Phi) is 5.48. The molecular weight excluding hydrogens is 409 g/mol. The summed E-state index contributed by atoms with van der Waals surface area (Å²) in [6.45, 7) is 5.43. The van der Waals surface area contributed by atoms with Crippen molar-refractivity contribution < 1.29 is 14.3 Å². The molecule has 0 spiro atoms. The number of rotatable bonds is 5. The molecule has 0 amide bonds. The number of hydrogen-bond donors (Lipinski definition) is 2. The summed E-state index contributed by atoms with van der Waals surface area (Å²) in [6, 6.07) is 14.2. The Balaban J connectivity index is 1.90. The molecule has 0 saturated carbocycles. The number of anilines is 1. The molecule has 0 fully saturated rings. The molecule has 2 N–H and O–H groups in total. The van der Waals surface area contributed by atoms with Gasteiger partial charge in [0.15, 0.2) is 0 Å². The van der Waals surface area contributed by atoms with Crippen LogP contribution in [0.1, 0.15) is 40.0 Å². The average Bonchev–Trinajstić information content (AvgIpc) is 2.76. The van der Waals surface area contributed by atoms with Crippen molar-refractivity contribution in [3.63, 3.8) is 0 Å². The number of carbonyl (C=O) groups is 1. The van der Waals surface area contributed by atoms with Gasteiger partial charge in [0.2, 0.25) is 0 Å². The Morgan fingerprint density at radius 2 is 1.88 bits per heavy atom. The van der Waals surface area contributed by atoms with Gasteiger partial charge in [-0.1, -0.05) is 24.3 Å². The van der Waals surface area contributed by atoms with Crippen molar-refractivity contribution in [2.45, 2.75) is 26.8 Å². The van der Waals surface area contributed by atoms with E-state index in [1.54, 1.807) is 43.5 Å². The molecule has 0 aliphatic heterocycles. The van der Waals surface area contributed by atoms with Crippen LogP contribution in [0.3, 0.4) is 0 Å². The third-order valence-electron chi connectivity index (χ3n) is 5.41. The van der Waals surface area contributed by atoms with Gasteiger partial charge in [-0.15, -0.1) is 0 Å². The molecular formula is C25H22FN3O3. The standard InChI is InChI=1S/C25H22FN3O3/c1-14-11-20(16(3)27-21-10-5-4-9-19(21)25(31)32)23-28-22(15(2)24(30)29(23)13-14)17-7-6-8-18(26)12-17/h4-13,16,27H,1-3H3,(H,31,32). The van der Waals surface area contributed by atoms with Gasteiger partial charge in [0.1, 0.15) is 11.5 Å². The van der Waals surface area contributed by atoms with E-state index in [1.165, 1.54) is 22.6 Å². The maximum absolute atomic E-state index is 13.8. The Morgan fingerprint density at radius 3 is 2.59 bits per heavy atom. The van der Waals surface area contributed by atoms with Crippen molar-refractivity contribution in [1.29, 1.82) is 0 Å². The molecule has 2 aromatic carbocycles. The van der Waals surface area contributed by atoms with Crippen LogP contribution < -0.4 is 10.9 Å². The van der Waals surface area contributed by atoms with Crippen molar-refractivity contribution in [3.8, 4) is 11.3 Å². The quantitative estimate of drug-likeness (QED) is 0.465. The normalized spacial score (nSPS) is 12.0. The highest BCUT2D eigenvalue weighted by Gasteiger charge is 2.19. The fourth-order valence-electron chi connectivity index (χ4n) is 3.84. The van der Waals surface area contributed by atoms with Crippen molar-refractivity contribution >= 4 is 17.3 Å². The average molecular weight is 431 g/mol. The smallest absolute Gasteiger partial charge is 0.337 e. The van der Waals surface area contributed by atoms with Gasteiger partial charge in [0.05, 0.1) is 17.3 Å². The molecule has 0 aliphatic rings. The van der Waals surface area contributed by atoms with Gasteiger partial charge >= 0.3 is 5.97 Å².